The Morgan fingerprint density at radius 1 is 1.00 bits per heavy atom. The molecule has 1 saturated carbocycles. The summed E-state index contributed by atoms with van der Waals surface area (Å²) in [6, 6.07) is 0. The standard InChI is InChI=1S/C15H30N2O/c1-14(9-12-18-13-10-14)17-11-8-15(16-2)6-4-3-5-7-15/h16-17H,3-13H2,1-2H3. The van der Waals surface area contributed by atoms with E-state index >= 15 is 0 Å². The molecule has 1 aliphatic carbocycles. The highest BCUT2D eigenvalue weighted by molar-refractivity contribution is 4.92. The Morgan fingerprint density at radius 3 is 2.28 bits per heavy atom. The van der Waals surface area contributed by atoms with Crippen molar-refractivity contribution >= 4 is 0 Å². The lowest BCUT2D eigenvalue weighted by Crippen LogP contribution is -2.51. The Labute approximate surface area is 112 Å². The van der Waals surface area contributed by atoms with Crippen LogP contribution in [-0.2, 0) is 4.74 Å². The summed E-state index contributed by atoms with van der Waals surface area (Å²) in [5.41, 5.74) is 0.717. The molecule has 0 aromatic heterocycles. The molecule has 0 amide bonds. The lowest BCUT2D eigenvalue weighted by molar-refractivity contribution is 0.0440. The number of nitrogens with one attached hydrogen (secondary N) is 2. The van der Waals surface area contributed by atoms with Gasteiger partial charge in [-0.05, 0) is 52.6 Å². The third-order valence-corrected chi connectivity index (χ3v) is 5.09. The molecule has 2 fully saturated rings. The van der Waals surface area contributed by atoms with Gasteiger partial charge in [0.25, 0.3) is 0 Å². The van der Waals surface area contributed by atoms with E-state index < -0.39 is 0 Å². The summed E-state index contributed by atoms with van der Waals surface area (Å²) in [5, 5.41) is 7.39. The quantitative estimate of drug-likeness (QED) is 0.790. The zero-order valence-corrected chi connectivity index (χ0v) is 12.2. The molecule has 1 saturated heterocycles. The van der Waals surface area contributed by atoms with E-state index in [0.717, 1.165) is 32.6 Å². The minimum atomic E-state index is 0.307. The van der Waals surface area contributed by atoms with Crippen LogP contribution in [0.3, 0.4) is 0 Å². The van der Waals surface area contributed by atoms with Crippen LogP contribution in [0.1, 0.15) is 58.3 Å². The highest BCUT2D eigenvalue weighted by atomic mass is 16.5. The fraction of sp³-hybridized carbons (Fsp3) is 1.00. The van der Waals surface area contributed by atoms with E-state index in [1.54, 1.807) is 0 Å². The van der Waals surface area contributed by atoms with Crippen molar-refractivity contribution in [3.8, 4) is 0 Å². The Morgan fingerprint density at radius 2 is 1.67 bits per heavy atom. The summed E-state index contributed by atoms with van der Waals surface area (Å²) >= 11 is 0. The second-order valence-electron chi connectivity index (χ2n) is 6.44. The van der Waals surface area contributed by atoms with E-state index in [1.165, 1.54) is 38.5 Å². The molecule has 3 heteroatoms. The number of hydrogen-bond acceptors (Lipinski definition) is 3. The molecule has 0 atom stereocenters. The molecular formula is C15H30N2O. The predicted molar refractivity (Wildman–Crippen MR) is 76.0 cm³/mol. The molecule has 1 heterocycles. The van der Waals surface area contributed by atoms with Crippen molar-refractivity contribution in [1.82, 2.24) is 10.6 Å². The first-order valence-corrected chi connectivity index (χ1v) is 7.70. The van der Waals surface area contributed by atoms with Crippen LogP contribution in [0.4, 0.5) is 0 Å². The Hall–Kier alpha value is -0.120. The summed E-state index contributed by atoms with van der Waals surface area (Å²) in [6.45, 7) is 5.32. The van der Waals surface area contributed by atoms with Crippen molar-refractivity contribution in [1.29, 1.82) is 0 Å². The van der Waals surface area contributed by atoms with Crippen molar-refractivity contribution in [2.75, 3.05) is 26.8 Å². The SMILES string of the molecule is CNC1(CCNC2(C)CCOCC2)CCCCC1. The first kappa shape index (κ1) is 14.3. The number of hydrogen-bond donors (Lipinski definition) is 2. The predicted octanol–water partition coefficient (Wildman–Crippen LogP) is 2.46. The molecule has 106 valence electrons. The number of rotatable bonds is 5. The molecular weight excluding hydrogens is 224 g/mol. The smallest absolute Gasteiger partial charge is 0.0483 e. The Balaban J connectivity index is 1.75. The van der Waals surface area contributed by atoms with Crippen LogP contribution in [0.15, 0.2) is 0 Å². The van der Waals surface area contributed by atoms with Gasteiger partial charge in [-0.15, -0.1) is 0 Å². The first-order valence-electron chi connectivity index (χ1n) is 7.70. The average Bonchev–Trinajstić information content (AvgIpc) is 2.40. The van der Waals surface area contributed by atoms with Crippen LogP contribution in [-0.4, -0.2) is 37.9 Å². The molecule has 1 aliphatic heterocycles. The van der Waals surface area contributed by atoms with Crippen LogP contribution < -0.4 is 10.6 Å². The van der Waals surface area contributed by atoms with E-state index in [-0.39, 0.29) is 0 Å². The zero-order chi connectivity index (χ0) is 12.9. The van der Waals surface area contributed by atoms with Crippen LogP contribution in [0.25, 0.3) is 0 Å². The van der Waals surface area contributed by atoms with E-state index in [9.17, 15) is 0 Å². The monoisotopic (exact) mass is 254 g/mol. The molecule has 0 bridgehead atoms. The van der Waals surface area contributed by atoms with Gasteiger partial charge in [0.15, 0.2) is 0 Å². The summed E-state index contributed by atoms with van der Waals surface area (Å²) in [6.07, 6.45) is 10.5. The largest absolute Gasteiger partial charge is 0.381 e. The van der Waals surface area contributed by atoms with Crippen LogP contribution >= 0.6 is 0 Å². The summed E-state index contributed by atoms with van der Waals surface area (Å²) in [4.78, 5) is 0. The fourth-order valence-corrected chi connectivity index (χ4v) is 3.46. The van der Waals surface area contributed by atoms with Gasteiger partial charge in [0.1, 0.15) is 0 Å². The van der Waals surface area contributed by atoms with Gasteiger partial charge in [-0.2, -0.15) is 0 Å². The molecule has 0 unspecified atom stereocenters. The van der Waals surface area contributed by atoms with Crippen LogP contribution in [0.2, 0.25) is 0 Å². The lowest BCUT2D eigenvalue weighted by Gasteiger charge is -2.40. The van der Waals surface area contributed by atoms with Crippen LogP contribution in [0.5, 0.6) is 0 Å². The van der Waals surface area contributed by atoms with Gasteiger partial charge in [-0.1, -0.05) is 19.3 Å². The van der Waals surface area contributed by atoms with Crippen molar-refractivity contribution in [3.63, 3.8) is 0 Å². The van der Waals surface area contributed by atoms with Crippen molar-refractivity contribution in [3.05, 3.63) is 0 Å². The Kier molecular flexibility index (Phi) is 5.05. The maximum atomic E-state index is 5.45. The fourth-order valence-electron chi connectivity index (χ4n) is 3.46. The van der Waals surface area contributed by atoms with Crippen molar-refractivity contribution in [2.45, 2.75) is 69.4 Å². The van der Waals surface area contributed by atoms with Gasteiger partial charge in [0, 0.05) is 24.3 Å². The third kappa shape index (κ3) is 3.69. The molecule has 0 spiro atoms. The van der Waals surface area contributed by atoms with Gasteiger partial charge >= 0.3 is 0 Å². The highest BCUT2D eigenvalue weighted by Crippen LogP contribution is 2.30. The average molecular weight is 254 g/mol. The van der Waals surface area contributed by atoms with Gasteiger partial charge in [0.05, 0.1) is 0 Å². The maximum Gasteiger partial charge on any atom is 0.0483 e. The van der Waals surface area contributed by atoms with E-state index in [4.69, 9.17) is 4.74 Å². The molecule has 3 nitrogen and oxygen atoms in total. The van der Waals surface area contributed by atoms with Crippen LogP contribution in [0, 0.1) is 0 Å². The second-order valence-corrected chi connectivity index (χ2v) is 6.44. The van der Waals surface area contributed by atoms with Gasteiger partial charge in [-0.25, -0.2) is 0 Å². The minimum absolute atomic E-state index is 0.307. The molecule has 2 N–H and O–H groups in total. The lowest BCUT2D eigenvalue weighted by atomic mass is 9.79. The van der Waals surface area contributed by atoms with Gasteiger partial charge in [0.2, 0.25) is 0 Å². The molecule has 0 aromatic rings. The molecule has 18 heavy (non-hydrogen) atoms. The van der Waals surface area contributed by atoms with E-state index in [0.29, 0.717) is 11.1 Å². The highest BCUT2D eigenvalue weighted by Gasteiger charge is 2.31. The summed E-state index contributed by atoms with van der Waals surface area (Å²) < 4.78 is 5.45. The molecule has 0 radical (unpaired) electrons. The molecule has 2 aliphatic rings. The van der Waals surface area contributed by atoms with Gasteiger partial charge in [-0.3, -0.25) is 0 Å². The van der Waals surface area contributed by atoms with Crippen molar-refractivity contribution < 1.29 is 4.74 Å². The topological polar surface area (TPSA) is 33.3 Å². The molecule has 0 aromatic carbocycles. The normalized spacial score (nSPS) is 27.0. The van der Waals surface area contributed by atoms with Crippen molar-refractivity contribution in [2.24, 2.45) is 0 Å². The number of ether oxygens (including phenoxy) is 1. The summed E-state index contributed by atoms with van der Waals surface area (Å²) in [5.74, 6) is 0. The maximum absolute atomic E-state index is 5.45. The van der Waals surface area contributed by atoms with Gasteiger partial charge < -0.3 is 15.4 Å². The third-order valence-electron chi connectivity index (χ3n) is 5.09. The molecule has 2 rings (SSSR count). The minimum Gasteiger partial charge on any atom is -0.381 e. The van der Waals surface area contributed by atoms with E-state index in [1.807, 2.05) is 0 Å². The second kappa shape index (κ2) is 6.36. The Bertz CT molecular complexity index is 243. The zero-order valence-electron chi connectivity index (χ0n) is 12.2. The van der Waals surface area contributed by atoms with E-state index in [2.05, 4.69) is 24.6 Å². The summed E-state index contributed by atoms with van der Waals surface area (Å²) in [7, 11) is 2.14. The first-order chi connectivity index (χ1) is 8.68.